The zero-order valence-electron chi connectivity index (χ0n) is 16.8. The van der Waals surface area contributed by atoms with Gasteiger partial charge in [0, 0.05) is 30.7 Å². The molecule has 1 unspecified atom stereocenters. The van der Waals surface area contributed by atoms with Crippen molar-refractivity contribution in [2.24, 2.45) is 5.41 Å². The first-order chi connectivity index (χ1) is 14.0. The number of aromatic nitrogens is 1. The fraction of sp³-hybridized carbons (Fsp3) is 0.500. The molecule has 154 valence electrons. The number of rotatable bonds is 5. The third kappa shape index (κ3) is 4.67. The molecule has 2 aliphatic rings. The largest absolute Gasteiger partial charge is 0.349 e. The first-order valence-electron chi connectivity index (χ1n) is 10.2. The molecular formula is C22H28N4O2S. The minimum absolute atomic E-state index is 0.0752. The van der Waals surface area contributed by atoms with E-state index in [4.69, 9.17) is 0 Å². The SMILES string of the molecule is CN1CC2(CCN(C(=O)Cc3cccs3)CC2)CC1C(=O)NCc1ccccn1. The molecule has 2 amide bonds. The van der Waals surface area contributed by atoms with Gasteiger partial charge >= 0.3 is 0 Å². The van der Waals surface area contributed by atoms with E-state index >= 15 is 0 Å². The van der Waals surface area contributed by atoms with Crippen LogP contribution in [-0.2, 0) is 22.6 Å². The highest BCUT2D eigenvalue weighted by molar-refractivity contribution is 7.10. The summed E-state index contributed by atoms with van der Waals surface area (Å²) in [5, 5.41) is 5.05. The second-order valence-electron chi connectivity index (χ2n) is 8.31. The molecule has 29 heavy (non-hydrogen) atoms. The van der Waals surface area contributed by atoms with Crippen LogP contribution in [-0.4, -0.2) is 59.3 Å². The van der Waals surface area contributed by atoms with Gasteiger partial charge in [-0.1, -0.05) is 12.1 Å². The zero-order chi connectivity index (χ0) is 20.3. The minimum atomic E-state index is -0.105. The lowest BCUT2D eigenvalue weighted by atomic mass is 9.76. The van der Waals surface area contributed by atoms with Crippen molar-refractivity contribution in [3.8, 4) is 0 Å². The fourth-order valence-electron chi connectivity index (χ4n) is 4.63. The molecule has 2 saturated heterocycles. The Morgan fingerprint density at radius 1 is 1.24 bits per heavy atom. The van der Waals surface area contributed by atoms with Gasteiger partial charge in [0.05, 0.1) is 24.7 Å². The zero-order valence-corrected chi connectivity index (χ0v) is 17.7. The first-order valence-corrected chi connectivity index (χ1v) is 11.1. The van der Waals surface area contributed by atoms with Gasteiger partial charge in [-0.15, -0.1) is 11.3 Å². The van der Waals surface area contributed by atoms with E-state index in [2.05, 4.69) is 15.2 Å². The number of nitrogens with zero attached hydrogens (tertiary/aromatic N) is 3. The number of amides is 2. The van der Waals surface area contributed by atoms with E-state index in [9.17, 15) is 9.59 Å². The van der Waals surface area contributed by atoms with Crippen molar-refractivity contribution in [1.82, 2.24) is 20.1 Å². The monoisotopic (exact) mass is 412 g/mol. The maximum absolute atomic E-state index is 12.8. The van der Waals surface area contributed by atoms with E-state index in [-0.39, 0.29) is 23.3 Å². The molecule has 1 atom stereocenters. The van der Waals surface area contributed by atoms with E-state index in [1.54, 1.807) is 17.5 Å². The van der Waals surface area contributed by atoms with Gasteiger partial charge in [-0.2, -0.15) is 0 Å². The van der Waals surface area contributed by atoms with Crippen LogP contribution in [0.15, 0.2) is 41.9 Å². The molecule has 0 aromatic carbocycles. The molecular weight excluding hydrogens is 384 g/mol. The van der Waals surface area contributed by atoms with Crippen molar-refractivity contribution in [1.29, 1.82) is 0 Å². The van der Waals surface area contributed by atoms with E-state index in [1.807, 2.05) is 47.7 Å². The molecule has 2 aliphatic heterocycles. The van der Waals surface area contributed by atoms with Crippen molar-refractivity contribution in [3.63, 3.8) is 0 Å². The quantitative estimate of drug-likeness (QED) is 0.819. The molecule has 6 nitrogen and oxygen atoms in total. The van der Waals surface area contributed by atoms with Gasteiger partial charge in [-0.25, -0.2) is 0 Å². The van der Waals surface area contributed by atoms with Gasteiger partial charge in [-0.05, 0) is 55.3 Å². The summed E-state index contributed by atoms with van der Waals surface area (Å²) in [6, 6.07) is 9.63. The third-order valence-electron chi connectivity index (χ3n) is 6.30. The van der Waals surface area contributed by atoms with Crippen LogP contribution in [0.2, 0.25) is 0 Å². The summed E-state index contributed by atoms with van der Waals surface area (Å²) in [4.78, 5) is 34.9. The summed E-state index contributed by atoms with van der Waals surface area (Å²) in [6.45, 7) is 2.96. The highest BCUT2D eigenvalue weighted by Gasteiger charge is 2.46. The predicted molar refractivity (Wildman–Crippen MR) is 113 cm³/mol. The fourth-order valence-corrected chi connectivity index (χ4v) is 5.32. The summed E-state index contributed by atoms with van der Waals surface area (Å²) in [5.74, 6) is 0.296. The number of hydrogen-bond acceptors (Lipinski definition) is 5. The molecule has 2 aromatic rings. The van der Waals surface area contributed by atoms with Gasteiger partial charge in [-0.3, -0.25) is 19.5 Å². The highest BCUT2D eigenvalue weighted by Crippen LogP contribution is 2.43. The minimum Gasteiger partial charge on any atom is -0.349 e. The number of likely N-dealkylation sites (tertiary alicyclic amines) is 2. The molecule has 4 heterocycles. The van der Waals surface area contributed by atoms with Crippen molar-refractivity contribution in [3.05, 3.63) is 52.5 Å². The molecule has 1 N–H and O–H groups in total. The number of likely N-dealkylation sites (N-methyl/N-ethyl adjacent to an activating group) is 1. The second kappa shape index (κ2) is 8.63. The predicted octanol–water partition coefficient (Wildman–Crippen LogP) is 2.31. The van der Waals surface area contributed by atoms with Crippen LogP contribution in [0.5, 0.6) is 0 Å². The van der Waals surface area contributed by atoms with Crippen LogP contribution in [0.1, 0.15) is 29.8 Å². The normalized spacial score (nSPS) is 21.4. The average molecular weight is 413 g/mol. The summed E-state index contributed by atoms with van der Waals surface area (Å²) in [6.07, 6.45) is 5.05. The number of nitrogens with one attached hydrogen (secondary N) is 1. The Morgan fingerprint density at radius 3 is 2.76 bits per heavy atom. The van der Waals surface area contributed by atoms with E-state index in [0.717, 1.165) is 49.5 Å². The van der Waals surface area contributed by atoms with Gasteiger partial charge < -0.3 is 10.2 Å². The average Bonchev–Trinajstić information content (AvgIpc) is 3.35. The number of hydrogen-bond donors (Lipinski definition) is 1. The second-order valence-corrected chi connectivity index (χ2v) is 9.34. The Hall–Kier alpha value is -2.25. The molecule has 4 rings (SSSR count). The van der Waals surface area contributed by atoms with Crippen molar-refractivity contribution in [2.75, 3.05) is 26.7 Å². The number of thiophene rings is 1. The molecule has 2 aromatic heterocycles. The number of carbonyl (C=O) groups is 2. The lowest BCUT2D eigenvalue weighted by Crippen LogP contribution is -2.44. The highest BCUT2D eigenvalue weighted by atomic mass is 32.1. The van der Waals surface area contributed by atoms with Crippen LogP contribution in [0.3, 0.4) is 0 Å². The Labute approximate surface area is 175 Å². The Morgan fingerprint density at radius 2 is 2.07 bits per heavy atom. The topological polar surface area (TPSA) is 65.5 Å². The molecule has 7 heteroatoms. The van der Waals surface area contributed by atoms with Crippen molar-refractivity contribution >= 4 is 23.2 Å². The molecule has 1 spiro atoms. The van der Waals surface area contributed by atoms with E-state index in [1.165, 1.54) is 0 Å². The molecule has 0 bridgehead atoms. The maximum atomic E-state index is 12.8. The first kappa shape index (κ1) is 20.0. The standard InChI is InChI=1S/C22H28N4O2S/c1-25-16-22(14-19(25)21(28)24-15-17-5-2-3-9-23-17)7-10-26(11-8-22)20(27)13-18-6-4-12-29-18/h2-6,9,12,19H,7-8,10-11,13-16H2,1H3,(H,24,28). The lowest BCUT2D eigenvalue weighted by molar-refractivity contribution is -0.132. The molecule has 2 fully saturated rings. The molecule has 0 saturated carbocycles. The van der Waals surface area contributed by atoms with Crippen molar-refractivity contribution in [2.45, 2.75) is 38.3 Å². The van der Waals surface area contributed by atoms with Crippen LogP contribution >= 0.6 is 11.3 Å². The Bertz CT molecular complexity index is 832. The smallest absolute Gasteiger partial charge is 0.237 e. The van der Waals surface area contributed by atoms with Crippen LogP contribution in [0.25, 0.3) is 0 Å². The summed E-state index contributed by atoms with van der Waals surface area (Å²) in [5.41, 5.74) is 1.01. The molecule has 0 radical (unpaired) electrons. The van der Waals surface area contributed by atoms with Crippen LogP contribution in [0.4, 0.5) is 0 Å². The summed E-state index contributed by atoms with van der Waals surface area (Å²) < 4.78 is 0. The van der Waals surface area contributed by atoms with Gasteiger partial charge in [0.25, 0.3) is 0 Å². The number of pyridine rings is 1. The van der Waals surface area contributed by atoms with E-state index < -0.39 is 0 Å². The Balaban J connectivity index is 1.29. The maximum Gasteiger partial charge on any atom is 0.237 e. The summed E-state index contributed by atoms with van der Waals surface area (Å²) in [7, 11) is 2.04. The molecule has 0 aliphatic carbocycles. The van der Waals surface area contributed by atoms with E-state index in [0.29, 0.717) is 13.0 Å². The van der Waals surface area contributed by atoms with Crippen LogP contribution in [0, 0.1) is 5.41 Å². The van der Waals surface area contributed by atoms with Gasteiger partial charge in [0.1, 0.15) is 0 Å². The van der Waals surface area contributed by atoms with Crippen molar-refractivity contribution < 1.29 is 9.59 Å². The van der Waals surface area contributed by atoms with Crippen LogP contribution < -0.4 is 5.32 Å². The van der Waals surface area contributed by atoms with Gasteiger partial charge in [0.15, 0.2) is 0 Å². The lowest BCUT2D eigenvalue weighted by Gasteiger charge is -2.39. The summed E-state index contributed by atoms with van der Waals surface area (Å²) >= 11 is 1.64. The van der Waals surface area contributed by atoms with Gasteiger partial charge in [0.2, 0.25) is 11.8 Å². The number of piperidine rings is 1. The third-order valence-corrected chi connectivity index (χ3v) is 7.17. The Kier molecular flexibility index (Phi) is 5.96. The number of carbonyl (C=O) groups excluding carboxylic acids is 2.